The van der Waals surface area contributed by atoms with Crippen LogP contribution in [0.4, 0.5) is 0 Å². The maximum absolute atomic E-state index is 8.97. The predicted molar refractivity (Wildman–Crippen MR) is 124 cm³/mol. The molecule has 0 radical (unpaired) electrons. The van der Waals surface area contributed by atoms with E-state index in [1.807, 2.05) is 36.5 Å². The first kappa shape index (κ1) is 21.4. The Morgan fingerprint density at radius 2 is 1.90 bits per heavy atom. The molecule has 1 aliphatic carbocycles. The summed E-state index contributed by atoms with van der Waals surface area (Å²) in [4.78, 5) is 4.30. The van der Waals surface area contributed by atoms with Gasteiger partial charge in [0.2, 0.25) is 0 Å². The minimum atomic E-state index is -0.0985. The van der Waals surface area contributed by atoms with Crippen molar-refractivity contribution in [2.45, 2.75) is 24.8 Å². The summed E-state index contributed by atoms with van der Waals surface area (Å²) in [5, 5.41) is 10.2. The Morgan fingerprint density at radius 1 is 1.10 bits per heavy atom. The number of hydrogen-bond donors (Lipinski definition) is 1. The smallest absolute Gasteiger partial charge is 0.119 e. The molecule has 1 aliphatic rings. The molecule has 0 saturated carbocycles. The van der Waals surface area contributed by atoms with Gasteiger partial charge >= 0.3 is 0 Å². The molecule has 1 aromatic heterocycles. The van der Waals surface area contributed by atoms with Crippen LogP contribution in [0.25, 0.3) is 5.57 Å². The molecule has 0 bridgehead atoms. The molecule has 4 rings (SSSR count). The summed E-state index contributed by atoms with van der Waals surface area (Å²) in [5.74, 6) is 0.784. The molecule has 4 nitrogen and oxygen atoms in total. The van der Waals surface area contributed by atoms with E-state index in [0.717, 1.165) is 23.1 Å². The molecule has 31 heavy (non-hydrogen) atoms. The van der Waals surface area contributed by atoms with E-state index < -0.39 is 0 Å². The fourth-order valence-electron chi connectivity index (χ4n) is 4.01. The van der Waals surface area contributed by atoms with E-state index in [9.17, 15) is 0 Å². The minimum absolute atomic E-state index is 0.0682. The maximum Gasteiger partial charge on any atom is 0.119 e. The zero-order chi connectivity index (χ0) is 21.8. The van der Waals surface area contributed by atoms with E-state index in [-0.39, 0.29) is 12.0 Å². The normalized spacial score (nSPS) is 18.5. The van der Waals surface area contributed by atoms with Crippen molar-refractivity contribution in [1.29, 1.82) is 5.26 Å². The lowest BCUT2D eigenvalue weighted by Crippen LogP contribution is -2.34. The first-order valence-electron chi connectivity index (χ1n) is 10.00. The number of pyridine rings is 1. The zero-order valence-corrected chi connectivity index (χ0v) is 18.3. The highest BCUT2D eigenvalue weighted by atomic mass is 35.5. The van der Waals surface area contributed by atoms with Gasteiger partial charge in [0.15, 0.2) is 0 Å². The van der Waals surface area contributed by atoms with Gasteiger partial charge in [0, 0.05) is 34.4 Å². The molecule has 6 heteroatoms. The molecule has 2 unspecified atom stereocenters. The van der Waals surface area contributed by atoms with Gasteiger partial charge in [0.25, 0.3) is 0 Å². The molecule has 0 fully saturated rings. The van der Waals surface area contributed by atoms with Crippen molar-refractivity contribution in [3.05, 3.63) is 99.3 Å². The first-order valence-corrected chi connectivity index (χ1v) is 10.8. The molecular weight excluding hydrogens is 429 g/mol. The van der Waals surface area contributed by atoms with Crippen LogP contribution in [-0.4, -0.2) is 17.6 Å². The standard InChI is InChI=1S/C25H21Cl2N3O/c26-19-5-8-21(24(27)11-19)23-12-22(17-2-1-9-30-14-17)18(10-25(23)29)15-31-20-6-3-16(13-28)4-7-20/h1-9,11,14,23,25H,10,12,15,29H2. The third-order valence-electron chi connectivity index (χ3n) is 5.62. The maximum atomic E-state index is 8.97. The van der Waals surface area contributed by atoms with E-state index in [4.69, 9.17) is 38.9 Å². The number of nitrogens with zero attached hydrogens (tertiary/aromatic N) is 2. The summed E-state index contributed by atoms with van der Waals surface area (Å²) in [6.45, 7) is 0.422. The average molecular weight is 450 g/mol. The van der Waals surface area contributed by atoms with Gasteiger partial charge < -0.3 is 10.5 Å². The van der Waals surface area contributed by atoms with Gasteiger partial charge in [-0.05, 0) is 77.6 Å². The SMILES string of the molecule is N#Cc1ccc(OCC2=C(c3cccnc3)CC(c3ccc(Cl)cc3Cl)C(N)C2)cc1. The highest BCUT2D eigenvalue weighted by Gasteiger charge is 2.31. The summed E-state index contributed by atoms with van der Waals surface area (Å²) in [6.07, 6.45) is 5.05. The number of nitrogens with two attached hydrogens (primary N) is 1. The van der Waals surface area contributed by atoms with Crippen LogP contribution in [0.5, 0.6) is 5.75 Å². The Morgan fingerprint density at radius 3 is 2.58 bits per heavy atom. The highest BCUT2D eigenvalue weighted by Crippen LogP contribution is 2.42. The van der Waals surface area contributed by atoms with Gasteiger partial charge in [-0.2, -0.15) is 5.26 Å². The topological polar surface area (TPSA) is 71.9 Å². The van der Waals surface area contributed by atoms with Crippen molar-refractivity contribution >= 4 is 28.8 Å². The molecule has 2 atom stereocenters. The highest BCUT2D eigenvalue weighted by molar-refractivity contribution is 6.35. The second kappa shape index (κ2) is 9.53. The molecule has 2 aromatic carbocycles. The summed E-state index contributed by atoms with van der Waals surface area (Å²) in [7, 11) is 0. The molecular formula is C25H21Cl2N3O. The van der Waals surface area contributed by atoms with Crippen LogP contribution in [0.3, 0.4) is 0 Å². The number of aromatic nitrogens is 1. The number of hydrogen-bond acceptors (Lipinski definition) is 4. The Balaban J connectivity index is 1.64. The molecule has 0 amide bonds. The van der Waals surface area contributed by atoms with E-state index in [1.165, 1.54) is 5.57 Å². The fraction of sp³-hybridized carbons (Fsp3) is 0.200. The quantitative estimate of drug-likeness (QED) is 0.518. The monoisotopic (exact) mass is 449 g/mol. The molecule has 0 saturated heterocycles. The van der Waals surface area contributed by atoms with Crippen molar-refractivity contribution in [3.8, 4) is 11.8 Å². The van der Waals surface area contributed by atoms with Crippen LogP contribution in [-0.2, 0) is 0 Å². The van der Waals surface area contributed by atoms with E-state index in [0.29, 0.717) is 34.4 Å². The van der Waals surface area contributed by atoms with Gasteiger partial charge in [-0.25, -0.2) is 0 Å². The number of benzene rings is 2. The number of rotatable bonds is 5. The molecule has 1 heterocycles. The van der Waals surface area contributed by atoms with Crippen molar-refractivity contribution in [1.82, 2.24) is 4.98 Å². The Bertz CT molecular complexity index is 1140. The number of ether oxygens (including phenoxy) is 1. The largest absolute Gasteiger partial charge is 0.489 e. The number of halogens is 2. The van der Waals surface area contributed by atoms with Crippen molar-refractivity contribution in [3.63, 3.8) is 0 Å². The average Bonchev–Trinajstić information content (AvgIpc) is 2.79. The lowest BCUT2D eigenvalue weighted by molar-refractivity contribution is 0.338. The van der Waals surface area contributed by atoms with Crippen LogP contribution < -0.4 is 10.5 Å². The third kappa shape index (κ3) is 4.91. The van der Waals surface area contributed by atoms with Crippen LogP contribution in [0.15, 0.2) is 72.6 Å². The summed E-state index contributed by atoms with van der Waals surface area (Å²) in [5.41, 5.74) is 11.6. The predicted octanol–water partition coefficient (Wildman–Crippen LogP) is 6.00. The number of allylic oxidation sites excluding steroid dienone is 1. The summed E-state index contributed by atoms with van der Waals surface area (Å²) < 4.78 is 6.04. The lowest BCUT2D eigenvalue weighted by Gasteiger charge is -2.33. The lowest BCUT2D eigenvalue weighted by atomic mass is 9.75. The van der Waals surface area contributed by atoms with Crippen LogP contribution in [0, 0.1) is 11.3 Å². The third-order valence-corrected chi connectivity index (χ3v) is 6.18. The van der Waals surface area contributed by atoms with Gasteiger partial charge in [0.05, 0.1) is 11.6 Å². The Kier molecular flexibility index (Phi) is 6.58. The second-order valence-electron chi connectivity index (χ2n) is 7.59. The molecule has 0 aliphatic heterocycles. The Labute approximate surface area is 191 Å². The summed E-state index contributed by atoms with van der Waals surface area (Å²) >= 11 is 12.6. The molecule has 0 spiro atoms. The minimum Gasteiger partial charge on any atom is -0.489 e. The van der Waals surface area contributed by atoms with Crippen molar-refractivity contribution < 1.29 is 4.74 Å². The second-order valence-corrected chi connectivity index (χ2v) is 8.44. The molecule has 3 aromatic rings. The zero-order valence-electron chi connectivity index (χ0n) is 16.8. The first-order chi connectivity index (χ1) is 15.0. The summed E-state index contributed by atoms with van der Waals surface area (Å²) in [6, 6.07) is 18.7. The van der Waals surface area contributed by atoms with Crippen molar-refractivity contribution in [2.75, 3.05) is 6.61 Å². The van der Waals surface area contributed by atoms with Gasteiger partial charge in [0.1, 0.15) is 12.4 Å². The van der Waals surface area contributed by atoms with E-state index in [2.05, 4.69) is 17.1 Å². The van der Waals surface area contributed by atoms with Crippen LogP contribution >= 0.6 is 23.2 Å². The van der Waals surface area contributed by atoms with Crippen molar-refractivity contribution in [2.24, 2.45) is 5.73 Å². The molecule has 156 valence electrons. The fourth-order valence-corrected chi connectivity index (χ4v) is 4.56. The van der Waals surface area contributed by atoms with Crippen LogP contribution in [0.1, 0.15) is 35.4 Å². The van der Waals surface area contributed by atoms with Gasteiger partial charge in [-0.15, -0.1) is 0 Å². The van der Waals surface area contributed by atoms with E-state index in [1.54, 1.807) is 24.4 Å². The van der Waals surface area contributed by atoms with E-state index >= 15 is 0 Å². The molecule has 2 N–H and O–H groups in total. The van der Waals surface area contributed by atoms with Crippen LogP contribution in [0.2, 0.25) is 10.0 Å². The van der Waals surface area contributed by atoms with Gasteiger partial charge in [-0.3, -0.25) is 4.98 Å². The Hall–Kier alpha value is -2.84. The number of nitriles is 1. The van der Waals surface area contributed by atoms with Gasteiger partial charge in [-0.1, -0.05) is 35.3 Å².